The minimum atomic E-state index is -0.158. The van der Waals surface area contributed by atoms with Gasteiger partial charge in [0, 0.05) is 16.8 Å². The average Bonchev–Trinajstić information content (AvgIpc) is 2.52. The number of carbonyl (C=O) groups excluding carboxylic acids is 1. The summed E-state index contributed by atoms with van der Waals surface area (Å²) in [6.07, 6.45) is 0.217. The van der Waals surface area contributed by atoms with Gasteiger partial charge < -0.3 is 10.3 Å². The first-order chi connectivity index (χ1) is 11.4. The first-order valence-corrected chi connectivity index (χ1v) is 8.05. The number of hydrogen-bond donors (Lipinski definition) is 2. The summed E-state index contributed by atoms with van der Waals surface area (Å²) in [6.45, 7) is 1.75. The molecule has 0 spiro atoms. The molecular weight excluding hydrogens is 347 g/mol. The number of benzene rings is 2. The Bertz CT molecular complexity index is 996. The zero-order valence-electron chi connectivity index (χ0n) is 12.8. The number of halogens is 2. The molecule has 1 amide bonds. The average molecular weight is 361 g/mol. The third kappa shape index (κ3) is 3.61. The van der Waals surface area contributed by atoms with E-state index in [1.54, 1.807) is 31.2 Å². The van der Waals surface area contributed by atoms with Crippen molar-refractivity contribution in [3.8, 4) is 0 Å². The molecule has 1 heterocycles. The number of hydrogen-bond acceptors (Lipinski definition) is 2. The second kappa shape index (κ2) is 6.67. The third-order valence-electron chi connectivity index (χ3n) is 3.66. The van der Waals surface area contributed by atoms with Gasteiger partial charge in [-0.15, -0.1) is 0 Å². The van der Waals surface area contributed by atoms with Gasteiger partial charge in [0.25, 0.3) is 5.56 Å². The summed E-state index contributed by atoms with van der Waals surface area (Å²) in [7, 11) is 0. The maximum absolute atomic E-state index is 12.2. The van der Waals surface area contributed by atoms with E-state index in [0.29, 0.717) is 21.3 Å². The lowest BCUT2D eigenvalue weighted by molar-refractivity contribution is -0.115. The Morgan fingerprint density at radius 3 is 2.62 bits per heavy atom. The largest absolute Gasteiger partial charge is 0.326 e. The molecule has 24 heavy (non-hydrogen) atoms. The Morgan fingerprint density at radius 2 is 1.88 bits per heavy atom. The highest BCUT2D eigenvalue weighted by Gasteiger charge is 2.07. The number of rotatable bonds is 3. The summed E-state index contributed by atoms with van der Waals surface area (Å²) < 4.78 is 0. The number of H-pyrrole nitrogens is 1. The number of aromatic nitrogens is 1. The van der Waals surface area contributed by atoms with Gasteiger partial charge in [0.2, 0.25) is 5.91 Å². The summed E-state index contributed by atoms with van der Waals surface area (Å²) in [5.74, 6) is -0.158. The van der Waals surface area contributed by atoms with Gasteiger partial charge in [-0.1, -0.05) is 29.3 Å². The van der Waals surface area contributed by atoms with Crippen LogP contribution in [-0.2, 0) is 11.2 Å². The van der Waals surface area contributed by atoms with Crippen LogP contribution in [0, 0.1) is 6.92 Å². The second-order valence-electron chi connectivity index (χ2n) is 5.56. The van der Waals surface area contributed by atoms with Crippen molar-refractivity contribution in [2.45, 2.75) is 13.3 Å². The van der Waals surface area contributed by atoms with E-state index in [9.17, 15) is 9.59 Å². The number of carbonyl (C=O) groups is 1. The molecule has 6 heteroatoms. The van der Waals surface area contributed by atoms with E-state index in [1.165, 1.54) is 0 Å². The van der Waals surface area contributed by atoms with Crippen molar-refractivity contribution >= 4 is 45.7 Å². The fourth-order valence-corrected chi connectivity index (χ4v) is 2.74. The zero-order chi connectivity index (χ0) is 17.3. The molecule has 0 saturated heterocycles. The lowest BCUT2D eigenvalue weighted by atomic mass is 10.1. The SMILES string of the molecule is Cc1cc2cc(CC(=O)Nc3ccc(Cl)c(Cl)c3)ccc2[nH]c1=O. The van der Waals surface area contributed by atoms with Crippen molar-refractivity contribution in [1.29, 1.82) is 0 Å². The van der Waals surface area contributed by atoms with Crippen LogP contribution in [0.3, 0.4) is 0 Å². The van der Waals surface area contributed by atoms with Gasteiger partial charge in [-0.3, -0.25) is 9.59 Å². The zero-order valence-corrected chi connectivity index (χ0v) is 14.3. The summed E-state index contributed by atoms with van der Waals surface area (Å²) in [5, 5.41) is 4.51. The van der Waals surface area contributed by atoms with Crippen LogP contribution in [0.2, 0.25) is 10.0 Å². The van der Waals surface area contributed by atoms with Crippen LogP contribution in [-0.4, -0.2) is 10.9 Å². The number of aromatic amines is 1. The van der Waals surface area contributed by atoms with Crippen molar-refractivity contribution in [3.63, 3.8) is 0 Å². The molecule has 122 valence electrons. The summed E-state index contributed by atoms with van der Waals surface area (Å²) >= 11 is 11.8. The minimum absolute atomic E-state index is 0.104. The molecule has 0 unspecified atom stereocenters. The smallest absolute Gasteiger partial charge is 0.251 e. The number of anilines is 1. The summed E-state index contributed by atoms with van der Waals surface area (Å²) in [4.78, 5) is 26.6. The molecule has 3 rings (SSSR count). The molecule has 0 aliphatic carbocycles. The molecule has 0 radical (unpaired) electrons. The Morgan fingerprint density at radius 1 is 1.08 bits per heavy atom. The molecule has 2 N–H and O–H groups in total. The quantitative estimate of drug-likeness (QED) is 0.730. The maximum atomic E-state index is 12.2. The van der Waals surface area contributed by atoms with E-state index < -0.39 is 0 Å². The van der Waals surface area contributed by atoms with Crippen LogP contribution in [0.5, 0.6) is 0 Å². The summed E-state index contributed by atoms with van der Waals surface area (Å²) in [6, 6.07) is 12.3. The molecule has 0 aliphatic rings. The number of nitrogens with one attached hydrogen (secondary N) is 2. The van der Waals surface area contributed by atoms with E-state index in [2.05, 4.69) is 10.3 Å². The van der Waals surface area contributed by atoms with Gasteiger partial charge in [-0.05, 0) is 54.3 Å². The number of amides is 1. The van der Waals surface area contributed by atoms with E-state index in [4.69, 9.17) is 23.2 Å². The standard InChI is InChI=1S/C18H14Cl2N2O2/c1-10-6-12-7-11(2-5-16(12)22-18(10)24)8-17(23)21-13-3-4-14(19)15(20)9-13/h2-7,9H,8H2,1H3,(H,21,23)(H,22,24). The van der Waals surface area contributed by atoms with Crippen molar-refractivity contribution in [2.75, 3.05) is 5.32 Å². The van der Waals surface area contributed by atoms with E-state index in [-0.39, 0.29) is 17.9 Å². The Labute approximate surface area is 148 Å². The van der Waals surface area contributed by atoms with Crippen molar-refractivity contribution in [3.05, 3.63) is 74.0 Å². The molecule has 1 aromatic heterocycles. The van der Waals surface area contributed by atoms with Gasteiger partial charge in [-0.25, -0.2) is 0 Å². The number of aryl methyl sites for hydroxylation is 1. The normalized spacial score (nSPS) is 10.8. The van der Waals surface area contributed by atoms with Gasteiger partial charge in [0.05, 0.1) is 16.5 Å². The minimum Gasteiger partial charge on any atom is -0.326 e. The van der Waals surface area contributed by atoms with Crippen LogP contribution in [0.15, 0.2) is 47.3 Å². The number of pyridine rings is 1. The fourth-order valence-electron chi connectivity index (χ4n) is 2.44. The molecule has 0 saturated carbocycles. The van der Waals surface area contributed by atoms with Gasteiger partial charge in [0.1, 0.15) is 0 Å². The molecule has 0 bridgehead atoms. The molecule has 0 aliphatic heterocycles. The Balaban J connectivity index is 1.78. The topological polar surface area (TPSA) is 62.0 Å². The van der Waals surface area contributed by atoms with Gasteiger partial charge in [-0.2, -0.15) is 0 Å². The van der Waals surface area contributed by atoms with Gasteiger partial charge in [0.15, 0.2) is 0 Å². The first-order valence-electron chi connectivity index (χ1n) is 7.30. The highest BCUT2D eigenvalue weighted by molar-refractivity contribution is 6.42. The highest BCUT2D eigenvalue weighted by Crippen LogP contribution is 2.25. The lowest BCUT2D eigenvalue weighted by Gasteiger charge is -2.07. The fraction of sp³-hybridized carbons (Fsp3) is 0.111. The Hall–Kier alpha value is -2.30. The maximum Gasteiger partial charge on any atom is 0.251 e. The molecule has 2 aromatic carbocycles. The van der Waals surface area contributed by atoms with Crippen LogP contribution >= 0.6 is 23.2 Å². The predicted octanol–water partition coefficient (Wildman–Crippen LogP) is 4.32. The van der Waals surface area contributed by atoms with Crippen LogP contribution in [0.25, 0.3) is 10.9 Å². The molecule has 0 fully saturated rings. The Kier molecular flexibility index (Phi) is 4.60. The van der Waals surface area contributed by atoms with Gasteiger partial charge >= 0.3 is 0 Å². The number of fused-ring (bicyclic) bond motifs is 1. The second-order valence-corrected chi connectivity index (χ2v) is 6.37. The summed E-state index contributed by atoms with van der Waals surface area (Å²) in [5.41, 5.74) is 2.73. The molecule has 4 nitrogen and oxygen atoms in total. The van der Waals surface area contributed by atoms with Crippen molar-refractivity contribution < 1.29 is 4.79 Å². The lowest BCUT2D eigenvalue weighted by Crippen LogP contribution is -2.14. The predicted molar refractivity (Wildman–Crippen MR) is 98.1 cm³/mol. The van der Waals surface area contributed by atoms with Crippen molar-refractivity contribution in [1.82, 2.24) is 4.98 Å². The van der Waals surface area contributed by atoms with E-state index in [0.717, 1.165) is 16.5 Å². The van der Waals surface area contributed by atoms with Crippen LogP contribution in [0.1, 0.15) is 11.1 Å². The first kappa shape index (κ1) is 16.6. The van der Waals surface area contributed by atoms with Crippen LogP contribution in [0.4, 0.5) is 5.69 Å². The molecule has 0 atom stereocenters. The molecule has 3 aromatic rings. The third-order valence-corrected chi connectivity index (χ3v) is 4.40. The van der Waals surface area contributed by atoms with E-state index >= 15 is 0 Å². The van der Waals surface area contributed by atoms with E-state index in [1.807, 2.05) is 18.2 Å². The van der Waals surface area contributed by atoms with Crippen LogP contribution < -0.4 is 10.9 Å². The van der Waals surface area contributed by atoms with Crippen molar-refractivity contribution in [2.24, 2.45) is 0 Å². The highest BCUT2D eigenvalue weighted by atomic mass is 35.5. The molecular formula is C18H14Cl2N2O2. The monoisotopic (exact) mass is 360 g/mol.